The number of alkyl carbamates (subject to hydrolysis) is 1. The van der Waals surface area contributed by atoms with E-state index in [1.54, 1.807) is 17.0 Å². The van der Waals surface area contributed by atoms with Crippen LogP contribution < -0.4 is 10.6 Å². The second kappa shape index (κ2) is 9.06. The summed E-state index contributed by atoms with van der Waals surface area (Å²) in [5, 5.41) is 10.1. The van der Waals surface area contributed by atoms with Crippen LogP contribution in [0.3, 0.4) is 0 Å². The molecule has 2 N–H and O–H groups in total. The highest BCUT2D eigenvalue weighted by Crippen LogP contribution is 2.27. The van der Waals surface area contributed by atoms with Gasteiger partial charge in [-0.1, -0.05) is 25.7 Å². The molecule has 0 aromatic carbocycles. The van der Waals surface area contributed by atoms with Crippen molar-refractivity contribution in [2.45, 2.75) is 70.4 Å². The number of carbonyl (C=O) groups is 2. The zero-order valence-electron chi connectivity index (χ0n) is 16.9. The molecular weight excluding hydrogens is 344 g/mol. The van der Waals surface area contributed by atoms with Crippen LogP contribution in [0.15, 0.2) is 18.5 Å². The number of ether oxygens (including phenoxy) is 1. The summed E-state index contributed by atoms with van der Waals surface area (Å²) in [4.78, 5) is 24.6. The van der Waals surface area contributed by atoms with Crippen LogP contribution in [0.1, 0.15) is 64.9 Å². The topological polar surface area (TPSA) is 85.2 Å². The summed E-state index contributed by atoms with van der Waals surface area (Å²) >= 11 is 0. The van der Waals surface area contributed by atoms with E-state index in [0.717, 1.165) is 44.1 Å². The Labute approximate surface area is 161 Å². The first-order valence-corrected chi connectivity index (χ1v) is 9.63. The van der Waals surface area contributed by atoms with Crippen molar-refractivity contribution in [1.82, 2.24) is 20.4 Å². The first-order valence-electron chi connectivity index (χ1n) is 9.63. The first-order chi connectivity index (χ1) is 12.7. The molecule has 0 radical (unpaired) electrons. The molecule has 1 aromatic heterocycles. The Bertz CT molecular complexity index is 665. The number of hydrogen-bond acceptors (Lipinski definition) is 4. The van der Waals surface area contributed by atoms with Crippen molar-refractivity contribution < 1.29 is 14.3 Å². The van der Waals surface area contributed by atoms with Gasteiger partial charge in [-0.3, -0.25) is 9.48 Å². The molecule has 0 atom stereocenters. The Morgan fingerprint density at radius 1 is 1.26 bits per heavy atom. The Balaban J connectivity index is 1.97. The molecule has 150 valence electrons. The maximum atomic E-state index is 12.3. The molecule has 1 aromatic rings. The lowest BCUT2D eigenvalue weighted by Gasteiger charge is -2.35. The van der Waals surface area contributed by atoms with Crippen LogP contribution in [0.2, 0.25) is 0 Å². The minimum absolute atomic E-state index is 0.187. The maximum absolute atomic E-state index is 12.3. The number of aryl methyl sites for hydroxylation is 1. The van der Waals surface area contributed by atoms with E-state index in [4.69, 9.17) is 4.74 Å². The van der Waals surface area contributed by atoms with Gasteiger partial charge < -0.3 is 15.4 Å². The van der Waals surface area contributed by atoms with Gasteiger partial charge in [0, 0.05) is 31.4 Å². The maximum Gasteiger partial charge on any atom is 0.408 e. The number of amides is 2. The number of rotatable bonds is 5. The molecule has 1 aliphatic rings. The molecule has 1 aliphatic carbocycles. The molecule has 0 spiro atoms. The summed E-state index contributed by atoms with van der Waals surface area (Å²) in [7, 11) is 1.83. The first kappa shape index (κ1) is 21.0. The zero-order valence-corrected chi connectivity index (χ0v) is 16.9. The predicted molar refractivity (Wildman–Crippen MR) is 105 cm³/mol. The fourth-order valence-electron chi connectivity index (χ4n) is 3.28. The molecule has 0 unspecified atom stereocenters. The number of carbonyl (C=O) groups excluding carboxylic acids is 2. The smallest absolute Gasteiger partial charge is 0.408 e. The molecular formula is C20H32N4O3. The predicted octanol–water partition coefficient (Wildman–Crippen LogP) is 3.17. The average Bonchev–Trinajstić information content (AvgIpc) is 2.84. The standard InChI is InChI=1S/C20H32N4O3/c1-19(2,3)27-18(26)23-20(11-7-5-6-8-12-20)15-21-17(25)10-9-16-13-22-24(4)14-16/h9-10,13-14H,5-8,11-12,15H2,1-4H3,(H,21,25)(H,23,26)/b10-9-. The Hall–Kier alpha value is -2.31. The van der Waals surface area contributed by atoms with Crippen LogP contribution in [0, 0.1) is 0 Å². The monoisotopic (exact) mass is 376 g/mol. The van der Waals surface area contributed by atoms with E-state index in [2.05, 4.69) is 15.7 Å². The molecule has 1 saturated carbocycles. The minimum atomic E-state index is -0.550. The summed E-state index contributed by atoms with van der Waals surface area (Å²) in [6.45, 7) is 5.93. The number of nitrogens with zero attached hydrogens (tertiary/aromatic N) is 2. The molecule has 7 nitrogen and oxygen atoms in total. The Kier molecular flexibility index (Phi) is 7.05. The molecule has 1 heterocycles. The average molecular weight is 377 g/mol. The van der Waals surface area contributed by atoms with Crippen LogP contribution in [-0.2, 0) is 16.6 Å². The molecule has 0 bridgehead atoms. The van der Waals surface area contributed by atoms with Crippen molar-refractivity contribution in [3.05, 3.63) is 24.0 Å². The number of aromatic nitrogens is 2. The lowest BCUT2D eigenvalue weighted by Crippen LogP contribution is -2.56. The fourth-order valence-corrected chi connectivity index (χ4v) is 3.28. The SMILES string of the molecule is Cn1cc(/C=C\C(=O)NCC2(NC(=O)OC(C)(C)C)CCCCCC2)cn1. The molecule has 27 heavy (non-hydrogen) atoms. The summed E-state index contributed by atoms with van der Waals surface area (Å²) < 4.78 is 7.12. The summed E-state index contributed by atoms with van der Waals surface area (Å²) in [5.41, 5.74) is -0.147. The zero-order chi connectivity index (χ0) is 19.9. The second-order valence-electron chi connectivity index (χ2n) is 8.32. The van der Waals surface area contributed by atoms with Gasteiger partial charge in [-0.2, -0.15) is 5.10 Å². The van der Waals surface area contributed by atoms with Crippen LogP contribution in [0.25, 0.3) is 6.08 Å². The lowest BCUT2D eigenvalue weighted by molar-refractivity contribution is -0.116. The van der Waals surface area contributed by atoms with Crippen molar-refractivity contribution in [3.63, 3.8) is 0 Å². The van der Waals surface area contributed by atoms with Gasteiger partial charge in [-0.05, 0) is 39.7 Å². The number of hydrogen-bond donors (Lipinski definition) is 2. The van der Waals surface area contributed by atoms with Gasteiger partial charge in [0.2, 0.25) is 5.91 Å². The van der Waals surface area contributed by atoms with Crippen molar-refractivity contribution in [2.75, 3.05) is 6.54 Å². The summed E-state index contributed by atoms with van der Waals surface area (Å²) in [6, 6.07) is 0. The molecule has 0 saturated heterocycles. The third kappa shape index (κ3) is 7.45. The number of nitrogens with one attached hydrogen (secondary N) is 2. The van der Waals surface area contributed by atoms with Crippen molar-refractivity contribution in [2.24, 2.45) is 7.05 Å². The van der Waals surface area contributed by atoms with Gasteiger partial charge in [0.05, 0.1) is 11.7 Å². The molecule has 2 amide bonds. The lowest BCUT2D eigenvalue weighted by atomic mass is 9.90. The van der Waals surface area contributed by atoms with Crippen molar-refractivity contribution >= 4 is 18.1 Å². The van der Waals surface area contributed by atoms with E-state index < -0.39 is 17.2 Å². The molecule has 0 aliphatic heterocycles. The highest BCUT2D eigenvalue weighted by molar-refractivity contribution is 5.91. The molecule has 2 rings (SSSR count). The highest BCUT2D eigenvalue weighted by atomic mass is 16.6. The van der Waals surface area contributed by atoms with Crippen LogP contribution in [-0.4, -0.2) is 39.5 Å². The van der Waals surface area contributed by atoms with E-state index in [1.807, 2.05) is 34.0 Å². The fraction of sp³-hybridized carbons (Fsp3) is 0.650. The molecule has 1 fully saturated rings. The van der Waals surface area contributed by atoms with Gasteiger partial charge in [0.1, 0.15) is 5.60 Å². The van der Waals surface area contributed by atoms with Crippen molar-refractivity contribution in [1.29, 1.82) is 0 Å². The minimum Gasteiger partial charge on any atom is -0.444 e. The third-order valence-corrected chi connectivity index (χ3v) is 4.58. The van der Waals surface area contributed by atoms with Gasteiger partial charge in [-0.25, -0.2) is 4.79 Å². The summed E-state index contributed by atoms with van der Waals surface area (Å²) in [5.74, 6) is -0.187. The van der Waals surface area contributed by atoms with E-state index in [-0.39, 0.29) is 5.91 Å². The van der Waals surface area contributed by atoms with Gasteiger partial charge in [0.25, 0.3) is 0 Å². The largest absolute Gasteiger partial charge is 0.444 e. The van der Waals surface area contributed by atoms with E-state index in [1.165, 1.54) is 6.08 Å². The quantitative estimate of drug-likeness (QED) is 0.611. The van der Waals surface area contributed by atoms with Crippen LogP contribution in [0.5, 0.6) is 0 Å². The Morgan fingerprint density at radius 3 is 2.48 bits per heavy atom. The van der Waals surface area contributed by atoms with E-state index in [9.17, 15) is 9.59 Å². The summed E-state index contributed by atoms with van der Waals surface area (Å²) in [6.07, 6.45) is 12.3. The van der Waals surface area contributed by atoms with Gasteiger partial charge in [-0.15, -0.1) is 0 Å². The Morgan fingerprint density at radius 2 is 1.93 bits per heavy atom. The van der Waals surface area contributed by atoms with E-state index >= 15 is 0 Å². The van der Waals surface area contributed by atoms with Gasteiger partial charge in [0.15, 0.2) is 0 Å². The highest BCUT2D eigenvalue weighted by Gasteiger charge is 2.34. The molecule has 7 heteroatoms. The van der Waals surface area contributed by atoms with Crippen LogP contribution >= 0.6 is 0 Å². The normalized spacial score (nSPS) is 17.3. The third-order valence-electron chi connectivity index (χ3n) is 4.58. The van der Waals surface area contributed by atoms with Crippen LogP contribution in [0.4, 0.5) is 4.79 Å². The van der Waals surface area contributed by atoms with Crippen molar-refractivity contribution in [3.8, 4) is 0 Å². The van der Waals surface area contributed by atoms with Gasteiger partial charge >= 0.3 is 6.09 Å². The second-order valence-corrected chi connectivity index (χ2v) is 8.32. The van der Waals surface area contributed by atoms with E-state index in [0.29, 0.717) is 6.54 Å².